The zero-order valence-electron chi connectivity index (χ0n) is 14.1. The highest BCUT2D eigenvalue weighted by Gasteiger charge is 2.36. The van der Waals surface area contributed by atoms with E-state index in [9.17, 15) is 0 Å². The van der Waals surface area contributed by atoms with Crippen LogP contribution in [-0.4, -0.2) is 8.07 Å². The van der Waals surface area contributed by atoms with Crippen molar-refractivity contribution in [2.45, 2.75) is 65.1 Å². The molecule has 0 atom stereocenters. The van der Waals surface area contributed by atoms with Crippen LogP contribution in [0.25, 0.3) is 0 Å². The van der Waals surface area contributed by atoms with Gasteiger partial charge in [-0.3, -0.25) is 0 Å². The molecule has 0 aliphatic carbocycles. The summed E-state index contributed by atoms with van der Waals surface area (Å²) in [6.07, 6.45) is 5.75. The van der Waals surface area contributed by atoms with E-state index in [0.717, 1.165) is 12.8 Å². The summed E-state index contributed by atoms with van der Waals surface area (Å²) in [5.41, 5.74) is 5.01. The van der Waals surface area contributed by atoms with Crippen molar-refractivity contribution in [1.82, 2.24) is 0 Å². The molecule has 1 rings (SSSR count). The lowest BCUT2D eigenvalue weighted by molar-refractivity contribution is 0.725. The van der Waals surface area contributed by atoms with Gasteiger partial charge < -0.3 is 0 Å². The monoisotopic (exact) mass is 286 g/mol. The van der Waals surface area contributed by atoms with E-state index in [1.165, 1.54) is 17.2 Å². The SMILES string of the molecule is CC(=C=CCCCc1ccccc1)[Si](C)(C)C(C)(C)C. The molecule has 0 N–H and O–H groups in total. The van der Waals surface area contributed by atoms with Gasteiger partial charge in [-0.15, -0.1) is 5.73 Å². The summed E-state index contributed by atoms with van der Waals surface area (Å²) in [6.45, 7) is 14.3. The largest absolute Gasteiger partial charge is 0.131 e. The van der Waals surface area contributed by atoms with E-state index in [1.54, 1.807) is 0 Å². The topological polar surface area (TPSA) is 0 Å². The molecule has 0 aromatic heterocycles. The van der Waals surface area contributed by atoms with Crippen LogP contribution in [0.3, 0.4) is 0 Å². The lowest BCUT2D eigenvalue weighted by Crippen LogP contribution is -2.38. The molecule has 0 bridgehead atoms. The Bertz CT molecular complexity index is 468. The Morgan fingerprint density at radius 1 is 1.15 bits per heavy atom. The number of rotatable bonds is 5. The second kappa shape index (κ2) is 7.11. The van der Waals surface area contributed by atoms with Crippen LogP contribution in [-0.2, 0) is 6.42 Å². The first-order valence-corrected chi connectivity index (χ1v) is 10.7. The molecule has 0 spiro atoms. The number of hydrogen-bond acceptors (Lipinski definition) is 0. The van der Waals surface area contributed by atoms with Gasteiger partial charge in [0.25, 0.3) is 0 Å². The van der Waals surface area contributed by atoms with Gasteiger partial charge in [-0.25, -0.2) is 0 Å². The normalized spacial score (nSPS) is 11.9. The molecule has 0 aliphatic heterocycles. The first-order chi connectivity index (χ1) is 9.25. The van der Waals surface area contributed by atoms with Crippen molar-refractivity contribution in [3.05, 3.63) is 52.9 Å². The van der Waals surface area contributed by atoms with Gasteiger partial charge in [0, 0.05) is 0 Å². The predicted octanol–water partition coefficient (Wildman–Crippen LogP) is 6.16. The molecule has 0 radical (unpaired) electrons. The third-order valence-corrected chi connectivity index (χ3v) is 10.6. The van der Waals surface area contributed by atoms with Crippen LogP contribution in [0.4, 0.5) is 0 Å². The Labute approximate surface area is 126 Å². The summed E-state index contributed by atoms with van der Waals surface area (Å²) in [5, 5.41) is 1.90. The minimum absolute atomic E-state index is 0.405. The van der Waals surface area contributed by atoms with Crippen LogP contribution < -0.4 is 0 Å². The van der Waals surface area contributed by atoms with Gasteiger partial charge in [-0.05, 0) is 48.1 Å². The zero-order valence-corrected chi connectivity index (χ0v) is 15.1. The van der Waals surface area contributed by atoms with Gasteiger partial charge in [0.2, 0.25) is 0 Å². The van der Waals surface area contributed by atoms with Crippen LogP contribution in [0.2, 0.25) is 18.1 Å². The second-order valence-corrected chi connectivity index (χ2v) is 12.7. The fourth-order valence-corrected chi connectivity index (χ4v) is 3.61. The fraction of sp³-hybridized carbons (Fsp3) is 0.526. The zero-order chi connectivity index (χ0) is 15.2. The van der Waals surface area contributed by atoms with Crippen molar-refractivity contribution >= 4 is 8.07 Å². The van der Waals surface area contributed by atoms with E-state index in [4.69, 9.17) is 0 Å². The maximum Gasteiger partial charge on any atom is 0.0902 e. The average molecular weight is 287 g/mol. The van der Waals surface area contributed by atoms with Gasteiger partial charge in [0.05, 0.1) is 8.07 Å². The first-order valence-electron chi connectivity index (χ1n) is 7.71. The number of hydrogen-bond donors (Lipinski definition) is 0. The number of aryl methyl sites for hydroxylation is 1. The Morgan fingerprint density at radius 2 is 1.75 bits per heavy atom. The van der Waals surface area contributed by atoms with E-state index < -0.39 is 8.07 Å². The van der Waals surface area contributed by atoms with E-state index in [2.05, 4.69) is 82.9 Å². The van der Waals surface area contributed by atoms with E-state index in [0.29, 0.717) is 5.04 Å². The third-order valence-electron chi connectivity index (χ3n) is 4.79. The molecule has 0 heterocycles. The van der Waals surface area contributed by atoms with Crippen molar-refractivity contribution in [3.8, 4) is 0 Å². The summed E-state index contributed by atoms with van der Waals surface area (Å²) in [7, 11) is -1.36. The second-order valence-electron chi connectivity index (χ2n) is 7.23. The standard InChI is InChI=1S/C19H30Si/c1-17(20(5,6)19(2,3)4)13-9-7-10-14-18-15-11-8-12-16-18/h8-9,11-12,15-16H,7,10,14H2,1-6H3. The highest BCUT2D eigenvalue weighted by atomic mass is 28.3. The van der Waals surface area contributed by atoms with Crippen LogP contribution >= 0.6 is 0 Å². The Hall–Kier alpha value is -1.04. The van der Waals surface area contributed by atoms with E-state index in [1.807, 2.05) is 0 Å². The quantitative estimate of drug-likeness (QED) is 0.345. The molecule has 0 fully saturated rings. The molecule has 110 valence electrons. The molecule has 0 unspecified atom stereocenters. The summed E-state index contributed by atoms with van der Waals surface area (Å²) in [6, 6.07) is 10.7. The van der Waals surface area contributed by atoms with Crippen LogP contribution in [0.5, 0.6) is 0 Å². The molecule has 1 heteroatoms. The van der Waals surface area contributed by atoms with Crippen molar-refractivity contribution in [2.24, 2.45) is 0 Å². The van der Waals surface area contributed by atoms with Gasteiger partial charge in [0.1, 0.15) is 0 Å². The summed E-state index contributed by atoms with van der Waals surface area (Å²) >= 11 is 0. The minimum atomic E-state index is -1.36. The Kier molecular flexibility index (Phi) is 6.04. The molecule has 0 saturated heterocycles. The van der Waals surface area contributed by atoms with Crippen molar-refractivity contribution < 1.29 is 0 Å². The van der Waals surface area contributed by atoms with E-state index in [-0.39, 0.29) is 0 Å². The van der Waals surface area contributed by atoms with Gasteiger partial charge in [-0.2, -0.15) is 0 Å². The highest BCUT2D eigenvalue weighted by Crippen LogP contribution is 2.39. The van der Waals surface area contributed by atoms with Gasteiger partial charge >= 0.3 is 0 Å². The van der Waals surface area contributed by atoms with Crippen molar-refractivity contribution in [2.75, 3.05) is 0 Å². The highest BCUT2D eigenvalue weighted by molar-refractivity contribution is 6.86. The number of allylic oxidation sites excluding steroid dienone is 1. The first kappa shape index (κ1) is 17.0. The maximum atomic E-state index is 3.57. The molecule has 20 heavy (non-hydrogen) atoms. The molecular weight excluding hydrogens is 256 g/mol. The minimum Gasteiger partial charge on any atom is -0.131 e. The van der Waals surface area contributed by atoms with E-state index >= 15 is 0 Å². The molecule has 0 amide bonds. The smallest absolute Gasteiger partial charge is 0.0902 e. The summed E-state index contributed by atoms with van der Waals surface area (Å²) in [4.78, 5) is 0. The van der Waals surface area contributed by atoms with Crippen LogP contribution in [0.15, 0.2) is 47.3 Å². The number of unbranched alkanes of at least 4 members (excludes halogenated alkanes) is 1. The summed E-state index contributed by atoms with van der Waals surface area (Å²) in [5.74, 6) is 0. The van der Waals surface area contributed by atoms with Crippen molar-refractivity contribution in [1.29, 1.82) is 0 Å². The maximum absolute atomic E-state index is 3.57. The Balaban J connectivity index is 2.53. The molecule has 0 saturated carbocycles. The number of benzene rings is 1. The molecule has 1 aromatic carbocycles. The van der Waals surface area contributed by atoms with Crippen molar-refractivity contribution in [3.63, 3.8) is 0 Å². The van der Waals surface area contributed by atoms with Gasteiger partial charge in [-0.1, -0.05) is 64.2 Å². The predicted molar refractivity (Wildman–Crippen MR) is 93.8 cm³/mol. The summed E-state index contributed by atoms with van der Waals surface area (Å²) < 4.78 is 0. The molecule has 0 nitrogen and oxygen atoms in total. The lowest BCUT2D eigenvalue weighted by Gasteiger charge is -2.36. The molecule has 0 aliphatic rings. The van der Waals surface area contributed by atoms with Gasteiger partial charge in [0.15, 0.2) is 0 Å². The molecule has 1 aromatic rings. The fourth-order valence-electron chi connectivity index (χ4n) is 2.02. The Morgan fingerprint density at radius 3 is 2.30 bits per heavy atom. The third kappa shape index (κ3) is 4.81. The lowest BCUT2D eigenvalue weighted by atomic mass is 10.1. The van der Waals surface area contributed by atoms with Crippen LogP contribution in [0.1, 0.15) is 46.1 Å². The molecular formula is C19H30Si. The van der Waals surface area contributed by atoms with Crippen LogP contribution in [0, 0.1) is 0 Å². The average Bonchev–Trinajstić information content (AvgIpc) is 2.38.